The molecule has 80 valence electrons. The van der Waals surface area contributed by atoms with Gasteiger partial charge < -0.3 is 5.11 Å². The van der Waals surface area contributed by atoms with Gasteiger partial charge in [0.15, 0.2) is 0 Å². The Kier molecular flexibility index (Phi) is 3.00. The molecule has 1 aromatic rings. The molecule has 1 aromatic heterocycles. The number of nitrogens with zero attached hydrogens (tertiary/aromatic N) is 2. The maximum absolute atomic E-state index is 9.93. The fourth-order valence-corrected chi connectivity index (χ4v) is 1.36. The van der Waals surface area contributed by atoms with E-state index in [0.717, 1.165) is 11.4 Å². The minimum Gasteiger partial charge on any atom is -0.392 e. The lowest BCUT2D eigenvalue weighted by atomic mass is 9.86. The average Bonchev–Trinajstić information content (AvgIpc) is 2.28. The van der Waals surface area contributed by atoms with Gasteiger partial charge in [0.2, 0.25) is 0 Å². The lowest BCUT2D eigenvalue weighted by molar-refractivity contribution is 0.0620. The molecule has 0 spiro atoms. The normalized spacial score (nSPS) is 14.4. The van der Waals surface area contributed by atoms with Gasteiger partial charge in [0.25, 0.3) is 0 Å². The van der Waals surface area contributed by atoms with Crippen molar-refractivity contribution in [2.24, 2.45) is 12.5 Å². The van der Waals surface area contributed by atoms with Crippen molar-refractivity contribution in [1.29, 1.82) is 0 Å². The van der Waals surface area contributed by atoms with Gasteiger partial charge in [-0.2, -0.15) is 5.10 Å². The molecule has 14 heavy (non-hydrogen) atoms. The summed E-state index contributed by atoms with van der Waals surface area (Å²) in [7, 11) is 1.91. The molecule has 0 aliphatic carbocycles. The fourth-order valence-electron chi connectivity index (χ4n) is 1.36. The van der Waals surface area contributed by atoms with E-state index in [2.05, 4.69) is 5.10 Å². The van der Waals surface area contributed by atoms with Crippen molar-refractivity contribution in [1.82, 2.24) is 9.78 Å². The number of hydrogen-bond acceptors (Lipinski definition) is 2. The summed E-state index contributed by atoms with van der Waals surface area (Å²) in [5.41, 5.74) is 2.02. The molecule has 1 unspecified atom stereocenters. The van der Waals surface area contributed by atoms with Gasteiger partial charge in [-0.1, -0.05) is 20.8 Å². The average molecular weight is 196 g/mol. The first-order chi connectivity index (χ1) is 6.30. The molecule has 1 heterocycles. The SMILES string of the molecule is Cc1cc(CC(O)C(C)(C)C)n(C)n1. The van der Waals surface area contributed by atoms with Crippen LogP contribution in [0.5, 0.6) is 0 Å². The minimum absolute atomic E-state index is 0.0713. The largest absolute Gasteiger partial charge is 0.392 e. The summed E-state index contributed by atoms with van der Waals surface area (Å²) >= 11 is 0. The van der Waals surface area contributed by atoms with Crippen LogP contribution in [0.3, 0.4) is 0 Å². The summed E-state index contributed by atoms with van der Waals surface area (Å²) in [5, 5.41) is 14.2. The quantitative estimate of drug-likeness (QED) is 0.781. The monoisotopic (exact) mass is 196 g/mol. The summed E-state index contributed by atoms with van der Waals surface area (Å²) in [5.74, 6) is 0. The van der Waals surface area contributed by atoms with Crippen LogP contribution in [0.15, 0.2) is 6.07 Å². The standard InChI is InChI=1S/C11H20N2O/c1-8-6-9(13(5)12-8)7-10(14)11(2,3)4/h6,10,14H,7H2,1-5H3. The van der Waals surface area contributed by atoms with Gasteiger partial charge in [0, 0.05) is 19.2 Å². The molecular formula is C11H20N2O. The van der Waals surface area contributed by atoms with E-state index in [9.17, 15) is 5.11 Å². The molecule has 1 rings (SSSR count). The topological polar surface area (TPSA) is 38.0 Å². The molecule has 3 nitrogen and oxygen atoms in total. The van der Waals surface area contributed by atoms with Crippen LogP contribution in [0.4, 0.5) is 0 Å². The third-order valence-corrected chi connectivity index (χ3v) is 2.50. The molecule has 3 heteroatoms. The Morgan fingerprint density at radius 1 is 1.50 bits per heavy atom. The number of aryl methyl sites for hydroxylation is 2. The second-order valence-electron chi connectivity index (χ2n) is 4.99. The summed E-state index contributed by atoms with van der Waals surface area (Å²) < 4.78 is 1.84. The van der Waals surface area contributed by atoms with Gasteiger partial charge in [-0.25, -0.2) is 0 Å². The highest BCUT2D eigenvalue weighted by Crippen LogP contribution is 2.22. The van der Waals surface area contributed by atoms with Gasteiger partial charge in [-0.05, 0) is 18.4 Å². The Labute approximate surface area is 85.8 Å². The first-order valence-electron chi connectivity index (χ1n) is 4.98. The zero-order valence-electron chi connectivity index (χ0n) is 9.70. The molecule has 0 saturated heterocycles. The van der Waals surface area contributed by atoms with Crippen LogP contribution in [-0.2, 0) is 13.5 Å². The van der Waals surface area contributed by atoms with E-state index in [0.29, 0.717) is 6.42 Å². The summed E-state index contributed by atoms with van der Waals surface area (Å²) in [6.45, 7) is 8.09. The van der Waals surface area contributed by atoms with Crippen molar-refractivity contribution in [3.63, 3.8) is 0 Å². The predicted molar refractivity (Wildman–Crippen MR) is 57.1 cm³/mol. The zero-order valence-corrected chi connectivity index (χ0v) is 9.70. The molecule has 0 fully saturated rings. The molecular weight excluding hydrogens is 176 g/mol. The number of aliphatic hydroxyl groups is 1. The van der Waals surface area contributed by atoms with Crippen LogP contribution >= 0.6 is 0 Å². The molecule has 0 saturated carbocycles. The van der Waals surface area contributed by atoms with Crippen molar-refractivity contribution in [3.05, 3.63) is 17.5 Å². The predicted octanol–water partition coefficient (Wildman–Crippen LogP) is 1.68. The molecule has 0 amide bonds. The van der Waals surface area contributed by atoms with Crippen molar-refractivity contribution < 1.29 is 5.11 Å². The second-order valence-corrected chi connectivity index (χ2v) is 4.99. The van der Waals surface area contributed by atoms with Gasteiger partial charge in [-0.15, -0.1) is 0 Å². The lowest BCUT2D eigenvalue weighted by Crippen LogP contribution is -2.28. The van der Waals surface area contributed by atoms with E-state index in [4.69, 9.17) is 0 Å². The van der Waals surface area contributed by atoms with E-state index in [1.165, 1.54) is 0 Å². The van der Waals surface area contributed by atoms with E-state index in [-0.39, 0.29) is 11.5 Å². The number of hydrogen-bond donors (Lipinski definition) is 1. The highest BCUT2D eigenvalue weighted by Gasteiger charge is 2.23. The van der Waals surface area contributed by atoms with Crippen LogP contribution in [0, 0.1) is 12.3 Å². The van der Waals surface area contributed by atoms with Crippen LogP contribution in [-0.4, -0.2) is 21.0 Å². The summed E-state index contributed by atoms with van der Waals surface area (Å²) in [6.07, 6.45) is 0.346. The van der Waals surface area contributed by atoms with E-state index in [1.807, 2.05) is 45.5 Å². The van der Waals surface area contributed by atoms with E-state index in [1.54, 1.807) is 0 Å². The number of aromatic nitrogens is 2. The molecule has 0 radical (unpaired) electrons. The Morgan fingerprint density at radius 3 is 2.43 bits per heavy atom. The maximum atomic E-state index is 9.93. The van der Waals surface area contributed by atoms with Gasteiger partial charge in [-0.3, -0.25) is 4.68 Å². The smallest absolute Gasteiger partial charge is 0.0643 e. The second kappa shape index (κ2) is 3.73. The van der Waals surface area contributed by atoms with Crippen molar-refractivity contribution in [2.75, 3.05) is 0 Å². The van der Waals surface area contributed by atoms with Crippen LogP contribution in [0.25, 0.3) is 0 Å². The molecule has 0 aromatic carbocycles. The molecule has 0 bridgehead atoms. The zero-order chi connectivity index (χ0) is 10.9. The van der Waals surface area contributed by atoms with Crippen LogP contribution in [0.1, 0.15) is 32.2 Å². The molecule has 0 aliphatic heterocycles. The van der Waals surface area contributed by atoms with E-state index >= 15 is 0 Å². The van der Waals surface area contributed by atoms with Crippen LogP contribution in [0.2, 0.25) is 0 Å². The molecule has 1 atom stereocenters. The molecule has 1 N–H and O–H groups in total. The van der Waals surface area contributed by atoms with E-state index < -0.39 is 0 Å². The minimum atomic E-state index is -0.322. The summed E-state index contributed by atoms with van der Waals surface area (Å²) in [6, 6.07) is 2.02. The Balaban J connectivity index is 2.74. The van der Waals surface area contributed by atoms with Crippen molar-refractivity contribution >= 4 is 0 Å². The Hall–Kier alpha value is -0.830. The van der Waals surface area contributed by atoms with Gasteiger partial charge >= 0.3 is 0 Å². The van der Waals surface area contributed by atoms with Gasteiger partial charge in [0.05, 0.1) is 11.8 Å². The highest BCUT2D eigenvalue weighted by atomic mass is 16.3. The number of aliphatic hydroxyl groups excluding tert-OH is 1. The van der Waals surface area contributed by atoms with Gasteiger partial charge in [0.1, 0.15) is 0 Å². The first-order valence-corrected chi connectivity index (χ1v) is 4.98. The highest BCUT2D eigenvalue weighted by molar-refractivity contribution is 5.10. The first kappa shape index (κ1) is 11.2. The Bertz CT molecular complexity index is 310. The third kappa shape index (κ3) is 2.58. The molecule has 0 aliphatic rings. The fraction of sp³-hybridized carbons (Fsp3) is 0.727. The van der Waals surface area contributed by atoms with Crippen molar-refractivity contribution in [2.45, 2.75) is 40.2 Å². The van der Waals surface area contributed by atoms with Crippen molar-refractivity contribution in [3.8, 4) is 0 Å². The lowest BCUT2D eigenvalue weighted by Gasteiger charge is -2.25. The Morgan fingerprint density at radius 2 is 2.07 bits per heavy atom. The number of rotatable bonds is 2. The summed E-state index contributed by atoms with van der Waals surface area (Å²) in [4.78, 5) is 0. The van der Waals surface area contributed by atoms with Crippen LogP contribution < -0.4 is 0 Å². The third-order valence-electron chi connectivity index (χ3n) is 2.50. The maximum Gasteiger partial charge on any atom is 0.0643 e.